The van der Waals surface area contributed by atoms with Gasteiger partial charge >= 0.3 is 12.2 Å². The van der Waals surface area contributed by atoms with Gasteiger partial charge in [0.05, 0.1) is 0 Å². The summed E-state index contributed by atoms with van der Waals surface area (Å²) >= 11 is 2.04. The van der Waals surface area contributed by atoms with E-state index in [1.807, 2.05) is 22.6 Å². The predicted molar refractivity (Wildman–Crippen MR) is 97.8 cm³/mol. The number of halogens is 1. The van der Waals surface area contributed by atoms with E-state index < -0.39 is 29.3 Å². The lowest BCUT2D eigenvalue weighted by molar-refractivity contribution is 0.00398. The lowest BCUT2D eigenvalue weighted by atomic mass is 10.2. The third kappa shape index (κ3) is 6.46. The van der Waals surface area contributed by atoms with Crippen molar-refractivity contribution < 1.29 is 23.9 Å². The average molecular weight is 447 g/mol. The van der Waals surface area contributed by atoms with E-state index in [-0.39, 0.29) is 5.56 Å². The Bertz CT molecular complexity index is 615. The van der Waals surface area contributed by atoms with Crippen LogP contribution in [0.4, 0.5) is 9.59 Å². The van der Waals surface area contributed by atoms with Crippen molar-refractivity contribution in [3.05, 3.63) is 33.4 Å². The van der Waals surface area contributed by atoms with E-state index in [2.05, 4.69) is 0 Å². The molecule has 0 radical (unpaired) electrons. The van der Waals surface area contributed by atoms with Crippen LogP contribution in [0.25, 0.3) is 0 Å². The topological polar surface area (TPSA) is 72.9 Å². The van der Waals surface area contributed by atoms with Crippen molar-refractivity contribution in [3.63, 3.8) is 0 Å². The van der Waals surface area contributed by atoms with Crippen LogP contribution in [0.2, 0.25) is 0 Å². The first-order valence-corrected chi connectivity index (χ1v) is 8.44. The zero-order valence-electron chi connectivity index (χ0n) is 14.7. The molecule has 1 aromatic rings. The fourth-order valence-electron chi connectivity index (χ4n) is 1.61. The Kier molecular flexibility index (Phi) is 6.38. The van der Waals surface area contributed by atoms with Gasteiger partial charge in [-0.25, -0.2) is 9.59 Å². The Balaban J connectivity index is 3.19. The summed E-state index contributed by atoms with van der Waals surface area (Å²) in [5.74, 6) is -0.794. The average Bonchev–Trinajstić information content (AvgIpc) is 2.34. The number of benzene rings is 1. The molecule has 0 aliphatic carbocycles. The van der Waals surface area contributed by atoms with Gasteiger partial charge in [-0.1, -0.05) is 6.07 Å². The third-order valence-corrected chi connectivity index (χ3v) is 3.10. The van der Waals surface area contributed by atoms with Crippen LogP contribution in [-0.2, 0) is 9.47 Å². The molecule has 0 unspecified atom stereocenters. The van der Waals surface area contributed by atoms with E-state index in [9.17, 15) is 14.4 Å². The quantitative estimate of drug-likeness (QED) is 0.589. The third-order valence-electron chi connectivity index (χ3n) is 2.43. The van der Waals surface area contributed by atoms with Gasteiger partial charge in [0.15, 0.2) is 0 Å². The standard InChI is InChI=1S/C17H22INO5/c1-16(2,3)23-14(21)19(15(22)24-17(4,5)6)13(20)11-8-7-9-12(18)10-11/h7-10H,1-6H3. The van der Waals surface area contributed by atoms with Crippen molar-refractivity contribution >= 4 is 40.7 Å². The molecular formula is C17H22INO5. The van der Waals surface area contributed by atoms with Crippen LogP contribution in [0.3, 0.4) is 0 Å². The molecule has 0 atom stereocenters. The Hall–Kier alpha value is -1.64. The van der Waals surface area contributed by atoms with Crippen molar-refractivity contribution in [2.24, 2.45) is 0 Å². The van der Waals surface area contributed by atoms with Gasteiger partial charge in [-0.3, -0.25) is 4.79 Å². The fourth-order valence-corrected chi connectivity index (χ4v) is 2.15. The Labute approximate surface area is 155 Å². The van der Waals surface area contributed by atoms with Gasteiger partial charge in [0, 0.05) is 9.13 Å². The summed E-state index contributed by atoms with van der Waals surface area (Å²) in [7, 11) is 0. The first-order chi connectivity index (χ1) is 10.8. The van der Waals surface area contributed by atoms with Crippen LogP contribution in [0.1, 0.15) is 51.9 Å². The zero-order chi connectivity index (χ0) is 18.7. The van der Waals surface area contributed by atoms with E-state index in [4.69, 9.17) is 9.47 Å². The molecule has 0 aromatic heterocycles. The lowest BCUT2D eigenvalue weighted by Gasteiger charge is -2.27. The molecule has 7 heteroatoms. The molecule has 0 saturated carbocycles. The minimum Gasteiger partial charge on any atom is -0.443 e. The Morgan fingerprint density at radius 1 is 0.917 bits per heavy atom. The van der Waals surface area contributed by atoms with Crippen LogP contribution < -0.4 is 0 Å². The molecule has 6 nitrogen and oxygen atoms in total. The summed E-state index contributed by atoms with van der Waals surface area (Å²) in [5, 5.41) is 0. The second-order valence-corrected chi connectivity index (χ2v) is 8.36. The largest absolute Gasteiger partial charge is 0.443 e. The smallest absolute Gasteiger partial charge is 0.427 e. The van der Waals surface area contributed by atoms with Crippen molar-refractivity contribution in [2.45, 2.75) is 52.7 Å². The van der Waals surface area contributed by atoms with Gasteiger partial charge in [0.2, 0.25) is 0 Å². The van der Waals surface area contributed by atoms with E-state index in [1.165, 1.54) is 6.07 Å². The minimum atomic E-state index is -1.07. The molecule has 3 amide bonds. The molecule has 0 aliphatic rings. The van der Waals surface area contributed by atoms with Crippen LogP contribution >= 0.6 is 22.6 Å². The number of carbonyl (C=O) groups is 3. The number of imide groups is 3. The summed E-state index contributed by atoms with van der Waals surface area (Å²) in [4.78, 5) is 37.8. The summed E-state index contributed by atoms with van der Waals surface area (Å²) in [5.41, 5.74) is -1.52. The van der Waals surface area contributed by atoms with Crippen molar-refractivity contribution in [1.82, 2.24) is 4.90 Å². The highest BCUT2D eigenvalue weighted by Gasteiger charge is 2.36. The lowest BCUT2D eigenvalue weighted by Crippen LogP contribution is -2.46. The summed E-state index contributed by atoms with van der Waals surface area (Å²) < 4.78 is 11.1. The minimum absolute atomic E-state index is 0.193. The maximum absolute atomic E-state index is 12.7. The highest BCUT2D eigenvalue weighted by Crippen LogP contribution is 2.18. The highest BCUT2D eigenvalue weighted by atomic mass is 127. The monoisotopic (exact) mass is 447 g/mol. The molecule has 0 fully saturated rings. The van der Waals surface area contributed by atoms with Gasteiger partial charge in [-0.15, -0.1) is 4.90 Å². The molecule has 24 heavy (non-hydrogen) atoms. The number of amides is 3. The van der Waals surface area contributed by atoms with Crippen molar-refractivity contribution in [1.29, 1.82) is 0 Å². The predicted octanol–water partition coefficient (Wildman–Crippen LogP) is 4.60. The molecule has 0 spiro atoms. The van der Waals surface area contributed by atoms with Crippen LogP contribution in [0, 0.1) is 3.57 Å². The van der Waals surface area contributed by atoms with Crippen molar-refractivity contribution in [2.75, 3.05) is 0 Å². The number of hydrogen-bond acceptors (Lipinski definition) is 5. The number of ether oxygens (including phenoxy) is 2. The van der Waals surface area contributed by atoms with Crippen LogP contribution in [-0.4, -0.2) is 34.2 Å². The van der Waals surface area contributed by atoms with Crippen molar-refractivity contribution in [3.8, 4) is 0 Å². The highest BCUT2D eigenvalue weighted by molar-refractivity contribution is 14.1. The van der Waals surface area contributed by atoms with E-state index >= 15 is 0 Å². The molecule has 0 heterocycles. The second-order valence-electron chi connectivity index (χ2n) is 7.11. The molecule has 1 aromatic carbocycles. The van der Waals surface area contributed by atoms with E-state index in [1.54, 1.807) is 59.7 Å². The maximum atomic E-state index is 12.7. The molecule has 0 N–H and O–H groups in total. The zero-order valence-corrected chi connectivity index (χ0v) is 16.8. The summed E-state index contributed by atoms with van der Waals surface area (Å²) in [6, 6.07) is 6.55. The number of hydrogen-bond donors (Lipinski definition) is 0. The maximum Gasteiger partial charge on any atom is 0.427 e. The van der Waals surface area contributed by atoms with E-state index in [0.29, 0.717) is 4.90 Å². The van der Waals surface area contributed by atoms with Gasteiger partial charge in [-0.05, 0) is 82.3 Å². The van der Waals surface area contributed by atoms with Gasteiger partial charge in [-0.2, -0.15) is 0 Å². The molecule has 0 saturated heterocycles. The molecule has 132 valence electrons. The number of carbonyl (C=O) groups excluding carboxylic acids is 3. The molecule has 0 bridgehead atoms. The van der Waals surface area contributed by atoms with Gasteiger partial charge in [0.25, 0.3) is 5.91 Å². The van der Waals surface area contributed by atoms with Gasteiger partial charge in [0.1, 0.15) is 11.2 Å². The normalized spacial score (nSPS) is 11.6. The SMILES string of the molecule is CC(C)(C)OC(=O)N(C(=O)OC(C)(C)C)C(=O)c1cccc(I)c1. The second kappa shape index (κ2) is 7.50. The Morgan fingerprint density at radius 2 is 1.38 bits per heavy atom. The molecular weight excluding hydrogens is 425 g/mol. The number of nitrogens with zero attached hydrogens (tertiary/aromatic N) is 1. The molecule has 0 aliphatic heterocycles. The van der Waals surface area contributed by atoms with E-state index in [0.717, 1.165) is 3.57 Å². The number of rotatable bonds is 1. The summed E-state index contributed by atoms with van der Waals surface area (Å²) in [6.45, 7) is 9.88. The fraction of sp³-hybridized carbons (Fsp3) is 0.471. The van der Waals surface area contributed by atoms with Gasteiger partial charge < -0.3 is 9.47 Å². The van der Waals surface area contributed by atoms with Crippen LogP contribution in [0.5, 0.6) is 0 Å². The Morgan fingerprint density at radius 3 is 1.75 bits per heavy atom. The first kappa shape index (κ1) is 20.4. The van der Waals surface area contributed by atoms with Crippen LogP contribution in [0.15, 0.2) is 24.3 Å². The first-order valence-electron chi connectivity index (χ1n) is 7.36. The summed E-state index contributed by atoms with van der Waals surface area (Å²) in [6.07, 6.45) is -2.14. The molecule has 1 rings (SSSR count).